The molecule has 0 aliphatic rings. The van der Waals surface area contributed by atoms with Crippen molar-refractivity contribution < 1.29 is 18.3 Å². The number of carbonyl (C=O) groups is 1. The van der Waals surface area contributed by atoms with Crippen molar-refractivity contribution >= 4 is 34.7 Å². The summed E-state index contributed by atoms with van der Waals surface area (Å²) in [5.74, 6) is 0.549. The van der Waals surface area contributed by atoms with Gasteiger partial charge in [0.1, 0.15) is 10.1 Å². The predicted octanol–water partition coefficient (Wildman–Crippen LogP) is 5.60. The average Bonchev–Trinajstić information content (AvgIpc) is 3.07. The highest BCUT2D eigenvalue weighted by Gasteiger charge is 2.08. The number of thiazole rings is 1. The van der Waals surface area contributed by atoms with E-state index in [9.17, 15) is 13.6 Å². The third kappa shape index (κ3) is 5.77. The molecule has 0 saturated carbocycles. The maximum absolute atomic E-state index is 12.3. The van der Waals surface area contributed by atoms with Crippen molar-refractivity contribution in [2.75, 3.05) is 5.32 Å². The molecule has 0 unspecified atom stereocenters. The fraction of sp³-hybridized carbons (Fsp3) is 0.158. The molecule has 1 amide bonds. The Bertz CT molecular complexity index is 897. The number of nitrogens with zero attached hydrogens (tertiary/aromatic N) is 1. The van der Waals surface area contributed by atoms with Crippen LogP contribution < -0.4 is 10.1 Å². The van der Waals surface area contributed by atoms with Gasteiger partial charge in [0.15, 0.2) is 0 Å². The van der Waals surface area contributed by atoms with Gasteiger partial charge in [-0.2, -0.15) is 8.78 Å². The van der Waals surface area contributed by atoms with Crippen molar-refractivity contribution in [2.24, 2.45) is 0 Å². The van der Waals surface area contributed by atoms with Crippen molar-refractivity contribution in [1.82, 2.24) is 4.98 Å². The van der Waals surface area contributed by atoms with E-state index in [-0.39, 0.29) is 11.7 Å². The highest BCUT2D eigenvalue weighted by molar-refractivity contribution is 8.00. The third-order valence-corrected chi connectivity index (χ3v) is 5.72. The molecule has 0 spiro atoms. The number of hydrogen-bond donors (Lipinski definition) is 1. The summed E-state index contributed by atoms with van der Waals surface area (Å²) in [5, 5.41) is 4.74. The highest BCUT2D eigenvalue weighted by atomic mass is 32.2. The molecule has 3 rings (SSSR count). The smallest absolute Gasteiger partial charge is 0.387 e. The number of aromatic nitrogens is 1. The number of benzene rings is 2. The molecule has 1 aromatic heterocycles. The molecule has 0 radical (unpaired) electrons. The summed E-state index contributed by atoms with van der Waals surface area (Å²) in [6, 6.07) is 13.1. The van der Waals surface area contributed by atoms with Crippen LogP contribution in [-0.4, -0.2) is 17.5 Å². The van der Waals surface area contributed by atoms with Crippen molar-refractivity contribution in [3.63, 3.8) is 0 Å². The molecule has 3 aromatic rings. The van der Waals surface area contributed by atoms with Crippen LogP contribution >= 0.6 is 23.1 Å². The van der Waals surface area contributed by atoms with E-state index in [1.807, 2.05) is 24.4 Å². The van der Waals surface area contributed by atoms with Crippen LogP contribution in [0.3, 0.4) is 0 Å². The van der Waals surface area contributed by atoms with E-state index >= 15 is 0 Å². The van der Waals surface area contributed by atoms with E-state index < -0.39 is 6.61 Å². The van der Waals surface area contributed by atoms with Gasteiger partial charge in [-0.1, -0.05) is 23.9 Å². The Hall–Kier alpha value is -2.45. The Kier molecular flexibility index (Phi) is 6.41. The number of nitrogens with one attached hydrogen (secondary N) is 1. The Balaban J connectivity index is 1.55. The number of alkyl halides is 2. The predicted molar refractivity (Wildman–Crippen MR) is 104 cm³/mol. The number of halogens is 2. The normalized spacial score (nSPS) is 10.8. The van der Waals surface area contributed by atoms with Gasteiger partial charge in [-0.3, -0.25) is 4.79 Å². The first-order valence-electron chi connectivity index (χ1n) is 8.00. The molecular weight excluding hydrogens is 390 g/mol. The van der Waals surface area contributed by atoms with Gasteiger partial charge in [0.25, 0.3) is 5.91 Å². The topological polar surface area (TPSA) is 51.2 Å². The molecule has 0 saturated heterocycles. The summed E-state index contributed by atoms with van der Waals surface area (Å²) < 4.78 is 29.6. The fourth-order valence-corrected chi connectivity index (χ4v) is 4.02. The minimum atomic E-state index is -2.87. The largest absolute Gasteiger partial charge is 0.435 e. The standard InChI is InChI=1S/C19H16F2N2O2S2/c1-12-10-26-19(22-12)27-11-13-2-4-14(5-3-13)17(24)23-15-6-8-16(9-7-15)25-18(20)21/h2-10,18H,11H2,1H3,(H,23,24). The van der Waals surface area contributed by atoms with Crippen LogP contribution in [0.1, 0.15) is 21.6 Å². The third-order valence-electron chi connectivity index (χ3n) is 3.51. The van der Waals surface area contributed by atoms with E-state index in [1.165, 1.54) is 24.3 Å². The summed E-state index contributed by atoms with van der Waals surface area (Å²) in [7, 11) is 0. The zero-order chi connectivity index (χ0) is 19.2. The molecule has 140 valence electrons. The number of thioether (sulfide) groups is 1. The first-order chi connectivity index (χ1) is 13.0. The maximum atomic E-state index is 12.3. The number of carbonyl (C=O) groups excluding carboxylic acids is 1. The molecule has 0 aliphatic heterocycles. The van der Waals surface area contributed by atoms with Gasteiger partial charge in [-0.05, 0) is 48.9 Å². The lowest BCUT2D eigenvalue weighted by atomic mass is 10.1. The number of rotatable bonds is 7. The zero-order valence-electron chi connectivity index (χ0n) is 14.3. The number of aryl methyl sites for hydroxylation is 1. The minimum absolute atomic E-state index is 0.0419. The molecule has 1 N–H and O–H groups in total. The maximum Gasteiger partial charge on any atom is 0.387 e. The van der Waals surface area contributed by atoms with E-state index in [0.29, 0.717) is 11.3 Å². The quantitative estimate of drug-likeness (QED) is 0.519. The highest BCUT2D eigenvalue weighted by Crippen LogP contribution is 2.26. The molecule has 0 atom stereocenters. The van der Waals surface area contributed by atoms with Crippen LogP contribution in [0.5, 0.6) is 5.75 Å². The van der Waals surface area contributed by atoms with Gasteiger partial charge in [-0.15, -0.1) is 11.3 Å². The monoisotopic (exact) mass is 406 g/mol. The lowest BCUT2D eigenvalue weighted by Gasteiger charge is -2.08. The van der Waals surface area contributed by atoms with Gasteiger partial charge in [0.05, 0.1) is 0 Å². The molecule has 1 heterocycles. The van der Waals surface area contributed by atoms with Crippen molar-refractivity contribution in [3.8, 4) is 5.75 Å². The van der Waals surface area contributed by atoms with Crippen LogP contribution in [0.2, 0.25) is 0 Å². The number of amides is 1. The van der Waals surface area contributed by atoms with Crippen LogP contribution in [-0.2, 0) is 5.75 Å². The Morgan fingerprint density at radius 1 is 1.19 bits per heavy atom. The SMILES string of the molecule is Cc1csc(SCc2ccc(C(=O)Nc3ccc(OC(F)F)cc3)cc2)n1. The van der Waals surface area contributed by atoms with Crippen LogP contribution in [0, 0.1) is 6.92 Å². The van der Waals surface area contributed by atoms with Crippen molar-refractivity contribution in [2.45, 2.75) is 23.6 Å². The van der Waals surface area contributed by atoms with Gasteiger partial charge >= 0.3 is 6.61 Å². The second kappa shape index (κ2) is 8.96. The molecule has 8 heteroatoms. The van der Waals surface area contributed by atoms with E-state index in [2.05, 4.69) is 15.0 Å². The summed E-state index contributed by atoms with van der Waals surface area (Å²) in [6.07, 6.45) is 0. The van der Waals surface area contributed by atoms with Gasteiger partial charge < -0.3 is 10.1 Å². The van der Waals surface area contributed by atoms with Crippen LogP contribution in [0.4, 0.5) is 14.5 Å². The number of anilines is 1. The molecule has 0 bridgehead atoms. The second-order valence-electron chi connectivity index (χ2n) is 5.60. The molecule has 4 nitrogen and oxygen atoms in total. The Labute approximate surface area is 163 Å². The summed E-state index contributed by atoms with van der Waals surface area (Å²) in [5.41, 5.74) is 3.13. The van der Waals surface area contributed by atoms with E-state index in [1.54, 1.807) is 35.2 Å². The van der Waals surface area contributed by atoms with Crippen molar-refractivity contribution in [3.05, 3.63) is 70.7 Å². The summed E-state index contributed by atoms with van der Waals surface area (Å²) in [6.45, 7) is -0.908. The van der Waals surface area contributed by atoms with Gasteiger partial charge in [-0.25, -0.2) is 4.98 Å². The second-order valence-corrected chi connectivity index (χ2v) is 7.68. The lowest BCUT2D eigenvalue weighted by Crippen LogP contribution is -2.11. The van der Waals surface area contributed by atoms with Crippen LogP contribution in [0.25, 0.3) is 0 Å². The minimum Gasteiger partial charge on any atom is -0.435 e. The first kappa shape index (κ1) is 19.3. The van der Waals surface area contributed by atoms with E-state index in [0.717, 1.165) is 21.3 Å². The Morgan fingerprint density at radius 2 is 1.89 bits per heavy atom. The average molecular weight is 406 g/mol. The molecule has 27 heavy (non-hydrogen) atoms. The zero-order valence-corrected chi connectivity index (χ0v) is 15.9. The number of ether oxygens (including phenoxy) is 1. The van der Waals surface area contributed by atoms with Gasteiger partial charge in [0, 0.05) is 28.1 Å². The molecule has 0 aliphatic carbocycles. The summed E-state index contributed by atoms with van der Waals surface area (Å²) >= 11 is 3.28. The first-order valence-corrected chi connectivity index (χ1v) is 9.86. The Morgan fingerprint density at radius 3 is 2.48 bits per heavy atom. The molecular formula is C19H16F2N2O2S2. The lowest BCUT2D eigenvalue weighted by molar-refractivity contribution is -0.0498. The number of hydrogen-bond acceptors (Lipinski definition) is 5. The van der Waals surface area contributed by atoms with E-state index in [4.69, 9.17) is 0 Å². The molecule has 2 aromatic carbocycles. The van der Waals surface area contributed by atoms with Crippen LogP contribution in [0.15, 0.2) is 58.3 Å². The van der Waals surface area contributed by atoms with Gasteiger partial charge in [0.2, 0.25) is 0 Å². The fourth-order valence-electron chi connectivity index (χ4n) is 2.22. The molecule has 0 fully saturated rings. The van der Waals surface area contributed by atoms with Crippen molar-refractivity contribution in [1.29, 1.82) is 0 Å². The summed E-state index contributed by atoms with van der Waals surface area (Å²) in [4.78, 5) is 16.7.